The third-order valence-corrected chi connectivity index (χ3v) is 1.96. The van der Waals surface area contributed by atoms with E-state index in [-0.39, 0.29) is 5.11 Å². The Kier molecular flexibility index (Phi) is 7.95. The largest absolute Gasteiger partial charge is 0.375 e. The lowest BCUT2D eigenvalue weighted by Crippen LogP contribution is -2.40. The highest BCUT2D eigenvalue weighted by atomic mass is 32.1. The monoisotopic (exact) mass is 227 g/mol. The number of allylic oxidation sites excluding steroid dienone is 3. The van der Waals surface area contributed by atoms with E-state index < -0.39 is 0 Å². The molecular formula is C11H21N3S. The highest BCUT2D eigenvalue weighted by Gasteiger charge is 1.89. The van der Waals surface area contributed by atoms with Crippen molar-refractivity contribution >= 4 is 17.3 Å². The summed E-state index contributed by atoms with van der Waals surface area (Å²) in [5, 5.41) is 0.269. The van der Waals surface area contributed by atoms with Crippen molar-refractivity contribution < 1.29 is 0 Å². The zero-order chi connectivity index (χ0) is 11.7. The lowest BCUT2D eigenvalue weighted by molar-refractivity contribution is 0.713. The molecule has 0 bridgehead atoms. The van der Waals surface area contributed by atoms with Crippen LogP contribution >= 0.6 is 12.2 Å². The van der Waals surface area contributed by atoms with Crippen molar-refractivity contribution in [3.63, 3.8) is 0 Å². The van der Waals surface area contributed by atoms with Gasteiger partial charge in [0.25, 0.3) is 0 Å². The second-order valence-corrected chi connectivity index (χ2v) is 4.18. The van der Waals surface area contributed by atoms with E-state index in [2.05, 4.69) is 56.0 Å². The van der Waals surface area contributed by atoms with Crippen LogP contribution in [-0.2, 0) is 0 Å². The summed E-state index contributed by atoms with van der Waals surface area (Å²) in [6.45, 7) is 7.10. The molecule has 0 heterocycles. The molecule has 86 valence electrons. The first-order valence-electron chi connectivity index (χ1n) is 5.09. The fourth-order valence-electron chi connectivity index (χ4n) is 1.05. The maximum Gasteiger partial charge on any atom is 0.178 e. The van der Waals surface area contributed by atoms with Crippen LogP contribution in [0, 0.1) is 0 Å². The Hall–Kier alpha value is -0.870. The molecule has 0 aromatic rings. The summed E-state index contributed by atoms with van der Waals surface area (Å²) in [7, 11) is 0. The van der Waals surface area contributed by atoms with E-state index in [0.717, 1.165) is 19.4 Å². The predicted octanol–water partition coefficient (Wildman–Crippen LogP) is 2.02. The van der Waals surface area contributed by atoms with Crippen molar-refractivity contribution in [3.8, 4) is 0 Å². The van der Waals surface area contributed by atoms with E-state index in [0.29, 0.717) is 0 Å². The summed E-state index contributed by atoms with van der Waals surface area (Å²) in [5.74, 6) is 0. The third kappa shape index (κ3) is 11.1. The van der Waals surface area contributed by atoms with E-state index in [4.69, 9.17) is 5.73 Å². The lowest BCUT2D eigenvalue weighted by atomic mass is 10.1. The minimum absolute atomic E-state index is 0.269. The summed E-state index contributed by atoms with van der Waals surface area (Å²) in [4.78, 5) is 0. The van der Waals surface area contributed by atoms with Crippen LogP contribution in [-0.4, -0.2) is 11.7 Å². The van der Waals surface area contributed by atoms with Crippen LogP contribution in [0.5, 0.6) is 0 Å². The molecule has 0 saturated heterocycles. The molecule has 3 nitrogen and oxygen atoms in total. The average Bonchev–Trinajstić information content (AvgIpc) is 2.11. The predicted molar refractivity (Wildman–Crippen MR) is 70.3 cm³/mol. The Morgan fingerprint density at radius 2 is 1.93 bits per heavy atom. The van der Waals surface area contributed by atoms with Gasteiger partial charge in [-0.05, 0) is 45.8 Å². The SMILES string of the molecule is CC(C)=CCC/C(C)=C/CNNC(N)=S. The Labute approximate surface area is 97.8 Å². The van der Waals surface area contributed by atoms with Gasteiger partial charge in [0.1, 0.15) is 0 Å². The lowest BCUT2D eigenvalue weighted by Gasteiger charge is -2.04. The number of hydrogen-bond donors (Lipinski definition) is 3. The molecule has 4 heteroatoms. The minimum atomic E-state index is 0.269. The number of nitrogens with one attached hydrogen (secondary N) is 2. The van der Waals surface area contributed by atoms with Crippen molar-refractivity contribution in [2.75, 3.05) is 6.54 Å². The van der Waals surface area contributed by atoms with Gasteiger partial charge in [-0.2, -0.15) is 0 Å². The van der Waals surface area contributed by atoms with Gasteiger partial charge in [-0.25, -0.2) is 5.43 Å². The van der Waals surface area contributed by atoms with Crippen LogP contribution in [0.25, 0.3) is 0 Å². The van der Waals surface area contributed by atoms with Gasteiger partial charge >= 0.3 is 0 Å². The van der Waals surface area contributed by atoms with Gasteiger partial charge in [-0.1, -0.05) is 23.3 Å². The second-order valence-electron chi connectivity index (χ2n) is 3.74. The average molecular weight is 227 g/mol. The first-order valence-corrected chi connectivity index (χ1v) is 5.50. The molecule has 0 amide bonds. The minimum Gasteiger partial charge on any atom is -0.375 e. The Morgan fingerprint density at radius 3 is 2.47 bits per heavy atom. The molecule has 0 aliphatic rings. The Bertz CT molecular complexity index is 253. The van der Waals surface area contributed by atoms with Crippen molar-refractivity contribution in [3.05, 3.63) is 23.3 Å². The molecular weight excluding hydrogens is 206 g/mol. The van der Waals surface area contributed by atoms with Crippen LogP contribution in [0.1, 0.15) is 33.6 Å². The van der Waals surface area contributed by atoms with Gasteiger partial charge in [0.05, 0.1) is 0 Å². The van der Waals surface area contributed by atoms with Crippen molar-refractivity contribution in [1.29, 1.82) is 0 Å². The normalized spacial score (nSPS) is 11.0. The summed E-state index contributed by atoms with van der Waals surface area (Å²) in [6.07, 6.45) is 6.58. The molecule has 0 saturated carbocycles. The van der Waals surface area contributed by atoms with Gasteiger partial charge < -0.3 is 5.73 Å². The topological polar surface area (TPSA) is 50.1 Å². The van der Waals surface area contributed by atoms with Gasteiger partial charge in [0.15, 0.2) is 5.11 Å². The van der Waals surface area contributed by atoms with E-state index in [1.165, 1.54) is 11.1 Å². The number of hydrogen-bond acceptors (Lipinski definition) is 2. The highest BCUT2D eigenvalue weighted by molar-refractivity contribution is 7.80. The molecule has 0 spiro atoms. The molecule has 0 aliphatic carbocycles. The van der Waals surface area contributed by atoms with Gasteiger partial charge in [0, 0.05) is 6.54 Å². The zero-order valence-corrected chi connectivity index (χ0v) is 10.6. The van der Waals surface area contributed by atoms with E-state index in [1.54, 1.807) is 0 Å². The van der Waals surface area contributed by atoms with Gasteiger partial charge in [-0.3, -0.25) is 5.43 Å². The highest BCUT2D eigenvalue weighted by Crippen LogP contribution is 2.05. The standard InChI is InChI=1S/C11H21N3S/c1-9(2)5-4-6-10(3)7-8-13-14-11(12)15/h5,7,13H,4,6,8H2,1-3H3,(H3,12,14,15)/b10-7+. The fraction of sp³-hybridized carbons (Fsp3) is 0.545. The molecule has 0 aromatic heterocycles. The first kappa shape index (κ1) is 14.1. The van der Waals surface area contributed by atoms with Crippen molar-refractivity contribution in [2.45, 2.75) is 33.6 Å². The van der Waals surface area contributed by atoms with Crippen LogP contribution in [0.2, 0.25) is 0 Å². The Morgan fingerprint density at radius 1 is 1.27 bits per heavy atom. The third-order valence-electron chi connectivity index (χ3n) is 1.86. The van der Waals surface area contributed by atoms with E-state index in [9.17, 15) is 0 Å². The van der Waals surface area contributed by atoms with Crippen LogP contribution in [0.3, 0.4) is 0 Å². The Balaban J connectivity index is 3.61. The molecule has 0 atom stereocenters. The summed E-state index contributed by atoms with van der Waals surface area (Å²) >= 11 is 4.65. The summed E-state index contributed by atoms with van der Waals surface area (Å²) in [6, 6.07) is 0. The van der Waals surface area contributed by atoms with Gasteiger partial charge in [0.2, 0.25) is 0 Å². The molecule has 0 fully saturated rings. The number of hydrazine groups is 1. The van der Waals surface area contributed by atoms with E-state index >= 15 is 0 Å². The molecule has 0 aliphatic heterocycles. The van der Waals surface area contributed by atoms with E-state index in [1.807, 2.05) is 0 Å². The van der Waals surface area contributed by atoms with Crippen molar-refractivity contribution in [1.82, 2.24) is 10.9 Å². The number of thiocarbonyl (C=S) groups is 1. The quantitative estimate of drug-likeness (QED) is 0.281. The van der Waals surface area contributed by atoms with Crippen LogP contribution in [0.15, 0.2) is 23.3 Å². The molecule has 15 heavy (non-hydrogen) atoms. The first-order chi connectivity index (χ1) is 7.02. The summed E-state index contributed by atoms with van der Waals surface area (Å²) in [5.41, 5.74) is 13.6. The van der Waals surface area contributed by atoms with Crippen molar-refractivity contribution in [2.24, 2.45) is 5.73 Å². The number of nitrogens with two attached hydrogens (primary N) is 1. The molecule has 0 rings (SSSR count). The summed E-state index contributed by atoms with van der Waals surface area (Å²) < 4.78 is 0. The van der Waals surface area contributed by atoms with Gasteiger partial charge in [-0.15, -0.1) is 0 Å². The van der Waals surface area contributed by atoms with Crippen LogP contribution in [0.4, 0.5) is 0 Å². The van der Waals surface area contributed by atoms with Crippen LogP contribution < -0.4 is 16.6 Å². The molecule has 0 aromatic carbocycles. The fourth-order valence-corrected chi connectivity index (χ4v) is 1.13. The zero-order valence-electron chi connectivity index (χ0n) is 9.76. The second kappa shape index (κ2) is 8.44. The maximum absolute atomic E-state index is 5.25. The molecule has 0 radical (unpaired) electrons. The molecule has 4 N–H and O–H groups in total. The maximum atomic E-state index is 5.25. The molecule has 0 unspecified atom stereocenters. The number of rotatable bonds is 6. The smallest absolute Gasteiger partial charge is 0.178 e.